The molecule has 0 aromatic heterocycles. The molecule has 1 aromatic carbocycles. The topological polar surface area (TPSA) is 46.6 Å². The molecule has 6 heteroatoms. The number of unbranched alkanes of at least 4 members (excludes halogenated alkanes) is 2. The van der Waals surface area contributed by atoms with Gasteiger partial charge in [0.25, 0.3) is 5.91 Å². The van der Waals surface area contributed by atoms with Gasteiger partial charge in [-0.25, -0.2) is 4.90 Å². The Kier molecular flexibility index (Phi) is 6.30. The van der Waals surface area contributed by atoms with Crippen molar-refractivity contribution in [1.82, 2.24) is 0 Å². The van der Waals surface area contributed by atoms with Crippen molar-refractivity contribution in [3.63, 3.8) is 0 Å². The molecule has 0 bridgehead atoms. The van der Waals surface area contributed by atoms with Crippen LogP contribution in [0, 0.1) is 0 Å². The molecular weight excluding hydrogens is 349 g/mol. The van der Waals surface area contributed by atoms with E-state index in [9.17, 15) is 9.59 Å². The van der Waals surface area contributed by atoms with Crippen LogP contribution in [0.3, 0.4) is 0 Å². The van der Waals surface area contributed by atoms with Gasteiger partial charge in [-0.1, -0.05) is 48.5 Å². The highest BCUT2D eigenvalue weighted by Gasteiger charge is 2.37. The second-order valence-electron chi connectivity index (χ2n) is 5.96. The first-order chi connectivity index (χ1) is 11.4. The van der Waals surface area contributed by atoms with Gasteiger partial charge in [-0.3, -0.25) is 9.59 Å². The third kappa shape index (κ3) is 3.76. The Morgan fingerprint density at radius 2 is 1.88 bits per heavy atom. The van der Waals surface area contributed by atoms with Crippen molar-refractivity contribution in [2.45, 2.75) is 46.5 Å². The number of halogens is 2. The van der Waals surface area contributed by atoms with Crippen LogP contribution in [0.15, 0.2) is 23.3 Å². The summed E-state index contributed by atoms with van der Waals surface area (Å²) in [5, 5.41) is 0.373. The zero-order valence-corrected chi connectivity index (χ0v) is 15.6. The normalized spacial score (nSPS) is 14.5. The van der Waals surface area contributed by atoms with E-state index < -0.39 is 0 Å². The first kappa shape index (κ1) is 18.8. The van der Waals surface area contributed by atoms with Crippen molar-refractivity contribution in [3.8, 4) is 5.75 Å². The van der Waals surface area contributed by atoms with Gasteiger partial charge in [-0.05, 0) is 32.4 Å². The number of hydrogen-bond donors (Lipinski definition) is 0. The summed E-state index contributed by atoms with van der Waals surface area (Å²) in [5.74, 6) is -0.177. The highest BCUT2D eigenvalue weighted by Crippen LogP contribution is 2.41. The van der Waals surface area contributed by atoms with Crippen molar-refractivity contribution >= 4 is 40.7 Å². The van der Waals surface area contributed by atoms with Gasteiger partial charge in [-0.15, -0.1) is 0 Å². The molecule has 0 N–H and O–H groups in total. The van der Waals surface area contributed by atoms with Crippen molar-refractivity contribution in [1.29, 1.82) is 0 Å². The lowest BCUT2D eigenvalue weighted by Crippen LogP contribution is -2.29. The van der Waals surface area contributed by atoms with Crippen LogP contribution in [0.5, 0.6) is 5.75 Å². The maximum atomic E-state index is 12.5. The lowest BCUT2D eigenvalue weighted by Gasteiger charge is -2.18. The molecule has 0 saturated carbocycles. The first-order valence-electron chi connectivity index (χ1n) is 8.02. The monoisotopic (exact) mass is 369 g/mol. The Morgan fingerprint density at radius 3 is 2.46 bits per heavy atom. The number of hydrogen-bond acceptors (Lipinski definition) is 3. The van der Waals surface area contributed by atoms with Crippen LogP contribution in [0.1, 0.15) is 46.5 Å². The molecule has 0 unspecified atom stereocenters. The van der Waals surface area contributed by atoms with E-state index in [-0.39, 0.29) is 28.3 Å². The van der Waals surface area contributed by atoms with Crippen LogP contribution < -0.4 is 9.64 Å². The van der Waals surface area contributed by atoms with Crippen LogP contribution in [-0.2, 0) is 9.59 Å². The second kappa shape index (κ2) is 8.04. The zero-order valence-electron chi connectivity index (χ0n) is 14.1. The minimum Gasteiger partial charge on any atom is -0.492 e. The molecular formula is C18H21Cl2NO3. The summed E-state index contributed by atoms with van der Waals surface area (Å²) in [5.41, 5.74) is 1.63. The third-order valence-corrected chi connectivity index (χ3v) is 4.77. The summed E-state index contributed by atoms with van der Waals surface area (Å²) in [6, 6.07) is 3.25. The van der Waals surface area contributed by atoms with Crippen LogP contribution in [0.25, 0.3) is 0 Å². The zero-order chi connectivity index (χ0) is 17.9. The molecule has 4 nitrogen and oxygen atoms in total. The number of benzene rings is 1. The fraction of sp³-hybridized carbons (Fsp3) is 0.444. The van der Waals surface area contributed by atoms with E-state index in [0.717, 1.165) is 29.7 Å². The molecule has 1 aliphatic rings. The average molecular weight is 370 g/mol. The molecule has 1 aromatic rings. The molecule has 0 radical (unpaired) electrons. The van der Waals surface area contributed by atoms with Gasteiger partial charge in [0.1, 0.15) is 10.8 Å². The molecule has 2 amide bonds. The Bertz CT molecular complexity index is 694. The van der Waals surface area contributed by atoms with Gasteiger partial charge in [0.15, 0.2) is 0 Å². The molecule has 130 valence electrons. The Balaban J connectivity index is 2.27. The van der Waals surface area contributed by atoms with Crippen LogP contribution in [0.2, 0.25) is 10.0 Å². The SMILES string of the molecule is CCCCCOc1ccc(N2C(=O)CC(=C(C)C)C2=O)c(Cl)c1Cl. The van der Waals surface area contributed by atoms with Crippen molar-refractivity contribution in [2.75, 3.05) is 11.5 Å². The van der Waals surface area contributed by atoms with Gasteiger partial charge in [0, 0.05) is 5.57 Å². The molecule has 0 atom stereocenters. The molecule has 0 aliphatic carbocycles. The van der Waals surface area contributed by atoms with Gasteiger partial charge < -0.3 is 4.74 Å². The first-order valence-corrected chi connectivity index (χ1v) is 8.78. The Hall–Kier alpha value is -1.52. The van der Waals surface area contributed by atoms with Crippen LogP contribution in [-0.4, -0.2) is 18.4 Å². The van der Waals surface area contributed by atoms with E-state index in [2.05, 4.69) is 6.92 Å². The van der Waals surface area contributed by atoms with E-state index in [4.69, 9.17) is 27.9 Å². The van der Waals surface area contributed by atoms with Crippen LogP contribution >= 0.6 is 23.2 Å². The summed E-state index contributed by atoms with van der Waals surface area (Å²) in [6.45, 7) is 6.29. The van der Waals surface area contributed by atoms with Crippen molar-refractivity contribution < 1.29 is 14.3 Å². The molecule has 0 spiro atoms. The number of carbonyl (C=O) groups excluding carboxylic acids is 2. The predicted octanol–water partition coefficient (Wildman–Crippen LogP) is 5.16. The standard InChI is InChI=1S/C18H21Cl2NO3/c1-4-5-6-9-24-14-8-7-13(16(19)17(14)20)21-15(22)10-12(11(2)3)18(21)23/h7-8H,4-6,9-10H2,1-3H3. The number of imide groups is 1. The molecule has 1 aliphatic heterocycles. The minimum atomic E-state index is -0.338. The van der Waals surface area contributed by atoms with E-state index in [0.29, 0.717) is 23.6 Å². The largest absolute Gasteiger partial charge is 0.492 e. The number of rotatable bonds is 6. The summed E-state index contributed by atoms with van der Waals surface area (Å²) in [6.07, 6.45) is 3.19. The molecule has 1 saturated heterocycles. The molecule has 2 rings (SSSR count). The smallest absolute Gasteiger partial charge is 0.261 e. The lowest BCUT2D eigenvalue weighted by molar-refractivity contribution is -0.120. The van der Waals surface area contributed by atoms with E-state index >= 15 is 0 Å². The summed E-state index contributed by atoms with van der Waals surface area (Å²) in [7, 11) is 0. The number of amides is 2. The summed E-state index contributed by atoms with van der Waals surface area (Å²) < 4.78 is 5.64. The molecule has 24 heavy (non-hydrogen) atoms. The van der Waals surface area contributed by atoms with Gasteiger partial charge >= 0.3 is 0 Å². The summed E-state index contributed by atoms with van der Waals surface area (Å²) in [4.78, 5) is 25.8. The number of nitrogens with zero attached hydrogens (tertiary/aromatic N) is 1. The molecule has 1 heterocycles. The van der Waals surface area contributed by atoms with Gasteiger partial charge in [0.05, 0.1) is 23.7 Å². The maximum Gasteiger partial charge on any atom is 0.261 e. The number of anilines is 1. The second-order valence-corrected chi connectivity index (χ2v) is 6.71. The van der Waals surface area contributed by atoms with Gasteiger partial charge in [0.2, 0.25) is 5.91 Å². The fourth-order valence-corrected chi connectivity index (χ4v) is 2.98. The number of allylic oxidation sites excluding steroid dienone is 1. The highest BCUT2D eigenvalue weighted by atomic mass is 35.5. The third-order valence-electron chi connectivity index (χ3n) is 3.92. The maximum absolute atomic E-state index is 12.5. The van der Waals surface area contributed by atoms with E-state index in [1.807, 2.05) is 13.8 Å². The number of carbonyl (C=O) groups is 2. The fourth-order valence-electron chi connectivity index (χ4n) is 2.53. The van der Waals surface area contributed by atoms with E-state index in [1.54, 1.807) is 12.1 Å². The lowest BCUT2D eigenvalue weighted by atomic mass is 10.1. The Labute approximate surface area is 152 Å². The average Bonchev–Trinajstić information content (AvgIpc) is 2.83. The molecule has 1 fully saturated rings. The van der Waals surface area contributed by atoms with Crippen LogP contribution in [0.4, 0.5) is 5.69 Å². The minimum absolute atomic E-state index is 0.0877. The van der Waals surface area contributed by atoms with Gasteiger partial charge in [-0.2, -0.15) is 0 Å². The Morgan fingerprint density at radius 1 is 1.17 bits per heavy atom. The number of ether oxygens (including phenoxy) is 1. The van der Waals surface area contributed by atoms with Crippen molar-refractivity contribution in [3.05, 3.63) is 33.3 Å². The van der Waals surface area contributed by atoms with Crippen molar-refractivity contribution in [2.24, 2.45) is 0 Å². The quantitative estimate of drug-likeness (QED) is 0.395. The predicted molar refractivity (Wildman–Crippen MR) is 97.0 cm³/mol. The van der Waals surface area contributed by atoms with E-state index in [1.165, 1.54) is 0 Å². The summed E-state index contributed by atoms with van der Waals surface area (Å²) >= 11 is 12.6. The highest BCUT2D eigenvalue weighted by molar-refractivity contribution is 6.46.